The van der Waals surface area contributed by atoms with Crippen molar-refractivity contribution in [2.45, 2.75) is 20.8 Å². The molecule has 1 aromatic carbocycles. The summed E-state index contributed by atoms with van der Waals surface area (Å²) in [4.78, 5) is 0. The first-order valence-electron chi connectivity index (χ1n) is 5.94. The molecule has 1 aromatic rings. The maximum atomic E-state index is 2.24. The van der Waals surface area contributed by atoms with Gasteiger partial charge in [-0.05, 0) is 19.9 Å². The fraction of sp³-hybridized carbons (Fsp3) is 0.188. The summed E-state index contributed by atoms with van der Waals surface area (Å²) in [7, 11) is 0. The SMILES string of the molecule is CC=C(C)[N+]1=C[CH-]C=C(C)[C-]1c1ccccc1. The second kappa shape index (κ2) is 4.96. The quantitative estimate of drug-likeness (QED) is 0.532. The van der Waals surface area contributed by atoms with Crippen molar-refractivity contribution in [1.29, 1.82) is 0 Å². The minimum atomic E-state index is 1.24. The summed E-state index contributed by atoms with van der Waals surface area (Å²) >= 11 is 0. The van der Waals surface area contributed by atoms with E-state index in [1.165, 1.54) is 22.9 Å². The summed E-state index contributed by atoms with van der Waals surface area (Å²) in [6.07, 6.45) is 8.49. The largest absolute Gasteiger partial charge is 0.278 e. The van der Waals surface area contributed by atoms with E-state index in [4.69, 9.17) is 0 Å². The molecule has 17 heavy (non-hydrogen) atoms. The highest BCUT2D eigenvalue weighted by molar-refractivity contribution is 5.70. The van der Waals surface area contributed by atoms with Crippen LogP contribution < -0.4 is 0 Å². The van der Waals surface area contributed by atoms with E-state index in [2.05, 4.69) is 80.5 Å². The van der Waals surface area contributed by atoms with Crippen molar-refractivity contribution in [3.8, 4) is 0 Å². The summed E-state index contributed by atoms with van der Waals surface area (Å²) in [6.45, 7) is 6.35. The lowest BCUT2D eigenvalue weighted by Crippen LogP contribution is -2.23. The monoisotopic (exact) mass is 224 g/mol. The highest BCUT2D eigenvalue weighted by atomic mass is 15.0. The third-order valence-electron chi connectivity index (χ3n) is 3.04. The molecule has 0 spiro atoms. The first kappa shape index (κ1) is 11.6. The molecule has 0 atom stereocenters. The molecule has 0 aliphatic carbocycles. The topological polar surface area (TPSA) is 3.01 Å². The number of hydrogen-bond acceptors (Lipinski definition) is 0. The van der Waals surface area contributed by atoms with Gasteiger partial charge in [0.25, 0.3) is 0 Å². The Morgan fingerprint density at radius 2 is 2.00 bits per heavy atom. The number of rotatable bonds is 2. The second-order valence-electron chi connectivity index (χ2n) is 4.21. The molecule has 0 radical (unpaired) electrons. The molecule has 1 heteroatoms. The normalized spacial score (nSPS) is 16.2. The zero-order valence-electron chi connectivity index (χ0n) is 10.6. The summed E-state index contributed by atoms with van der Waals surface area (Å²) in [5.74, 6) is 0. The van der Waals surface area contributed by atoms with Crippen LogP contribution in [0.5, 0.6) is 0 Å². The van der Waals surface area contributed by atoms with Crippen LogP contribution in [0.2, 0.25) is 0 Å². The van der Waals surface area contributed by atoms with Gasteiger partial charge >= 0.3 is 0 Å². The van der Waals surface area contributed by atoms with E-state index in [1.54, 1.807) is 0 Å². The zero-order valence-corrected chi connectivity index (χ0v) is 10.6. The van der Waals surface area contributed by atoms with Crippen molar-refractivity contribution in [2.24, 2.45) is 0 Å². The highest BCUT2D eigenvalue weighted by Gasteiger charge is 2.17. The predicted molar refractivity (Wildman–Crippen MR) is 72.6 cm³/mol. The summed E-state index contributed by atoms with van der Waals surface area (Å²) < 4.78 is 2.24. The molecular weight excluding hydrogens is 206 g/mol. The Labute approximate surface area is 104 Å². The minimum Gasteiger partial charge on any atom is -0.278 e. The number of hydrogen-bond donors (Lipinski definition) is 0. The Kier molecular flexibility index (Phi) is 3.38. The molecule has 0 amide bonds. The Balaban J connectivity index is 2.44. The van der Waals surface area contributed by atoms with E-state index < -0.39 is 0 Å². The van der Waals surface area contributed by atoms with Gasteiger partial charge in [-0.3, -0.25) is 10.7 Å². The van der Waals surface area contributed by atoms with Gasteiger partial charge in [0.05, 0.1) is 6.04 Å². The van der Waals surface area contributed by atoms with Crippen molar-refractivity contribution in [1.82, 2.24) is 0 Å². The van der Waals surface area contributed by atoms with Crippen molar-refractivity contribution >= 4 is 6.21 Å². The zero-order chi connectivity index (χ0) is 12.3. The molecule has 0 unspecified atom stereocenters. The molecule has 1 aliphatic rings. The van der Waals surface area contributed by atoms with Crippen LogP contribution in [0.15, 0.2) is 53.8 Å². The molecule has 0 saturated heterocycles. The molecule has 0 bridgehead atoms. The third-order valence-corrected chi connectivity index (χ3v) is 3.04. The fourth-order valence-electron chi connectivity index (χ4n) is 2.01. The molecule has 0 fully saturated rings. The molecule has 1 heterocycles. The van der Waals surface area contributed by atoms with Gasteiger partial charge in [0, 0.05) is 6.21 Å². The van der Waals surface area contributed by atoms with Gasteiger partial charge in [-0.1, -0.05) is 23.8 Å². The minimum absolute atomic E-state index is 1.24. The van der Waals surface area contributed by atoms with Gasteiger partial charge < -0.3 is 0 Å². The third kappa shape index (κ3) is 2.28. The van der Waals surface area contributed by atoms with E-state index >= 15 is 0 Å². The summed E-state index contributed by atoms with van der Waals surface area (Å²) in [5.41, 5.74) is 3.79. The van der Waals surface area contributed by atoms with Gasteiger partial charge in [-0.2, -0.15) is 5.57 Å². The van der Waals surface area contributed by atoms with Crippen LogP contribution in [0, 0.1) is 12.5 Å². The van der Waals surface area contributed by atoms with Crippen LogP contribution in [0.3, 0.4) is 0 Å². The maximum absolute atomic E-state index is 2.24. The van der Waals surface area contributed by atoms with E-state index in [1.807, 2.05) is 0 Å². The molecule has 1 aliphatic heterocycles. The lowest BCUT2D eigenvalue weighted by atomic mass is 9.96. The molecule has 0 saturated carbocycles. The Morgan fingerprint density at radius 1 is 1.29 bits per heavy atom. The van der Waals surface area contributed by atoms with Gasteiger partial charge in [-0.25, -0.2) is 6.42 Å². The molecule has 0 N–H and O–H groups in total. The standard InChI is InChI=1S/C16H18N/c1-4-14(3)17-12-8-9-13(2)16(17)15-10-6-5-7-11-15/h4-12H,1-3H3/q-1. The van der Waals surface area contributed by atoms with Gasteiger partial charge in [0.1, 0.15) is 5.70 Å². The molecule has 0 aromatic heterocycles. The van der Waals surface area contributed by atoms with E-state index in [0.717, 1.165) is 0 Å². The first-order chi connectivity index (χ1) is 8.24. The predicted octanol–water partition coefficient (Wildman–Crippen LogP) is 3.74. The van der Waals surface area contributed by atoms with Gasteiger partial charge in [-0.15, -0.1) is 19.1 Å². The van der Waals surface area contributed by atoms with Crippen LogP contribution >= 0.6 is 0 Å². The smallest absolute Gasteiger partial charge is 0.126 e. The molecule has 2 rings (SSSR count). The van der Waals surface area contributed by atoms with Crippen molar-refractivity contribution in [3.63, 3.8) is 0 Å². The van der Waals surface area contributed by atoms with Crippen molar-refractivity contribution < 1.29 is 4.58 Å². The van der Waals surface area contributed by atoms with Gasteiger partial charge in [0.2, 0.25) is 0 Å². The second-order valence-corrected chi connectivity index (χ2v) is 4.21. The molecular formula is C16H18N-. The van der Waals surface area contributed by atoms with E-state index in [-0.39, 0.29) is 0 Å². The van der Waals surface area contributed by atoms with Crippen molar-refractivity contribution in [2.75, 3.05) is 0 Å². The Bertz CT molecular complexity index is 478. The Hall–Kier alpha value is -1.89. The Morgan fingerprint density at radius 3 is 2.65 bits per heavy atom. The summed E-state index contributed by atoms with van der Waals surface area (Å²) in [5, 5.41) is 0. The lowest BCUT2D eigenvalue weighted by Gasteiger charge is -2.31. The van der Waals surface area contributed by atoms with E-state index in [9.17, 15) is 0 Å². The lowest BCUT2D eigenvalue weighted by molar-refractivity contribution is -0.445. The van der Waals surface area contributed by atoms with Crippen LogP contribution in [-0.2, 0) is 0 Å². The number of nitrogens with zero attached hydrogens (tertiary/aromatic N) is 1. The van der Waals surface area contributed by atoms with Crippen LogP contribution in [0.4, 0.5) is 0 Å². The first-order valence-corrected chi connectivity index (χ1v) is 5.94. The van der Waals surface area contributed by atoms with Crippen LogP contribution in [0.25, 0.3) is 0 Å². The van der Waals surface area contributed by atoms with Crippen molar-refractivity contribution in [3.05, 3.63) is 71.8 Å². The van der Waals surface area contributed by atoms with Crippen LogP contribution in [-0.4, -0.2) is 10.8 Å². The fourth-order valence-corrected chi connectivity index (χ4v) is 2.01. The maximum Gasteiger partial charge on any atom is 0.126 e. The van der Waals surface area contributed by atoms with Crippen LogP contribution in [0.1, 0.15) is 26.3 Å². The number of benzene rings is 1. The molecule has 1 nitrogen and oxygen atoms in total. The molecule has 88 valence electrons. The highest BCUT2D eigenvalue weighted by Crippen LogP contribution is 2.28. The van der Waals surface area contributed by atoms with E-state index in [0.29, 0.717) is 0 Å². The number of allylic oxidation sites excluding steroid dienone is 3. The van der Waals surface area contributed by atoms with Gasteiger partial charge in [0.15, 0.2) is 0 Å². The average molecular weight is 224 g/mol. The average Bonchev–Trinajstić information content (AvgIpc) is 2.38. The summed E-state index contributed by atoms with van der Waals surface area (Å²) in [6, 6.07) is 11.8.